The van der Waals surface area contributed by atoms with Crippen molar-refractivity contribution in [3.05, 3.63) is 29.3 Å². The molecule has 2 rings (SSSR count). The molecule has 0 saturated carbocycles. The molecule has 1 fully saturated rings. The average molecular weight is 302 g/mol. The summed E-state index contributed by atoms with van der Waals surface area (Å²) in [4.78, 5) is 2.02. The van der Waals surface area contributed by atoms with Gasteiger partial charge in [-0.2, -0.15) is 13.2 Å². The number of nitrogen functional groups attached to an aromatic ring is 1. The van der Waals surface area contributed by atoms with Crippen LogP contribution >= 0.6 is 0 Å². The van der Waals surface area contributed by atoms with E-state index in [0.29, 0.717) is 13.2 Å². The van der Waals surface area contributed by atoms with Crippen LogP contribution in [0.25, 0.3) is 0 Å². The van der Waals surface area contributed by atoms with E-state index in [1.165, 1.54) is 12.1 Å². The monoisotopic (exact) mass is 302 g/mol. The highest BCUT2D eigenvalue weighted by molar-refractivity contribution is 5.46. The van der Waals surface area contributed by atoms with Crippen LogP contribution in [-0.2, 0) is 17.5 Å². The molecule has 1 aromatic carbocycles. The molecule has 3 nitrogen and oxygen atoms in total. The van der Waals surface area contributed by atoms with Crippen LogP contribution < -0.4 is 5.73 Å². The average Bonchev–Trinajstić information content (AvgIpc) is 2.40. The van der Waals surface area contributed by atoms with E-state index in [1.807, 2.05) is 11.8 Å². The molecule has 1 unspecified atom stereocenters. The van der Waals surface area contributed by atoms with Gasteiger partial charge in [-0.05, 0) is 44.0 Å². The number of piperidine rings is 1. The maximum absolute atomic E-state index is 13.1. The van der Waals surface area contributed by atoms with E-state index >= 15 is 0 Å². The van der Waals surface area contributed by atoms with Crippen molar-refractivity contribution in [1.82, 2.24) is 4.90 Å². The van der Waals surface area contributed by atoms with Gasteiger partial charge in [0.1, 0.15) is 0 Å². The number of likely N-dealkylation sites (tertiary alicyclic amines) is 1. The predicted molar refractivity (Wildman–Crippen MR) is 75.8 cm³/mol. The van der Waals surface area contributed by atoms with Crippen LogP contribution in [0.4, 0.5) is 18.9 Å². The molecular weight excluding hydrogens is 281 g/mol. The molecule has 0 aliphatic carbocycles. The summed E-state index contributed by atoms with van der Waals surface area (Å²) in [6.07, 6.45) is -2.34. The molecule has 21 heavy (non-hydrogen) atoms. The Labute approximate surface area is 122 Å². The first kappa shape index (κ1) is 16.1. The number of hydrogen-bond donors (Lipinski definition) is 1. The van der Waals surface area contributed by atoms with Gasteiger partial charge in [0.25, 0.3) is 0 Å². The van der Waals surface area contributed by atoms with Crippen molar-refractivity contribution >= 4 is 5.69 Å². The van der Waals surface area contributed by atoms with Gasteiger partial charge in [0.15, 0.2) is 0 Å². The van der Waals surface area contributed by atoms with Gasteiger partial charge in [0, 0.05) is 25.4 Å². The molecule has 0 aromatic heterocycles. The van der Waals surface area contributed by atoms with Crippen LogP contribution in [0.5, 0.6) is 0 Å². The molecule has 1 aromatic rings. The lowest BCUT2D eigenvalue weighted by molar-refractivity contribution is -0.138. The maximum atomic E-state index is 13.1. The lowest BCUT2D eigenvalue weighted by Crippen LogP contribution is -2.39. The summed E-state index contributed by atoms with van der Waals surface area (Å²) in [6, 6.07) is 4.01. The normalized spacial score (nSPS) is 20.7. The van der Waals surface area contributed by atoms with Crippen molar-refractivity contribution in [1.29, 1.82) is 0 Å². The number of alkyl halides is 3. The molecule has 0 spiro atoms. The highest BCUT2D eigenvalue weighted by atomic mass is 19.4. The predicted octanol–water partition coefficient (Wildman–Crippen LogP) is 3.29. The van der Waals surface area contributed by atoms with E-state index in [0.717, 1.165) is 25.5 Å². The fourth-order valence-electron chi connectivity index (χ4n) is 2.77. The van der Waals surface area contributed by atoms with E-state index < -0.39 is 11.7 Å². The smallest absolute Gasteiger partial charge is 0.399 e. The number of hydrogen-bond acceptors (Lipinski definition) is 3. The lowest BCUT2D eigenvalue weighted by Gasteiger charge is -2.33. The number of rotatable bonds is 4. The van der Waals surface area contributed by atoms with Crippen molar-refractivity contribution in [2.75, 3.05) is 25.4 Å². The maximum Gasteiger partial charge on any atom is 0.416 e. The van der Waals surface area contributed by atoms with Crippen LogP contribution in [0.3, 0.4) is 0 Å². The third-order valence-electron chi connectivity index (χ3n) is 3.70. The number of nitrogens with two attached hydrogens (primary N) is 1. The van der Waals surface area contributed by atoms with Crippen LogP contribution in [0.2, 0.25) is 0 Å². The minimum absolute atomic E-state index is 0.117. The second-order valence-electron chi connectivity index (χ2n) is 5.37. The topological polar surface area (TPSA) is 38.5 Å². The van der Waals surface area contributed by atoms with Crippen LogP contribution in [0.15, 0.2) is 18.2 Å². The fourth-order valence-corrected chi connectivity index (χ4v) is 2.77. The first-order valence-electron chi connectivity index (χ1n) is 7.19. The standard InChI is InChI=1S/C15H21F3N2O/c1-2-21-13-4-3-7-20(10-13)9-11-5-6-12(19)8-14(11)15(16,17)18/h5-6,8,13H,2-4,7,9-10,19H2,1H3. The molecule has 1 aliphatic rings. The third kappa shape index (κ3) is 4.35. The van der Waals surface area contributed by atoms with E-state index in [4.69, 9.17) is 10.5 Å². The molecule has 0 radical (unpaired) electrons. The molecular formula is C15H21F3N2O. The molecule has 0 amide bonds. The zero-order chi connectivity index (χ0) is 15.5. The van der Waals surface area contributed by atoms with Crippen molar-refractivity contribution in [2.24, 2.45) is 0 Å². The Morgan fingerprint density at radius 3 is 2.81 bits per heavy atom. The Kier molecular flexibility index (Phi) is 5.11. The lowest BCUT2D eigenvalue weighted by atomic mass is 10.0. The van der Waals surface area contributed by atoms with Crippen molar-refractivity contribution in [2.45, 2.75) is 38.6 Å². The van der Waals surface area contributed by atoms with Gasteiger partial charge in [-0.25, -0.2) is 0 Å². The summed E-state index contributed by atoms with van der Waals surface area (Å²) < 4.78 is 44.8. The molecule has 2 N–H and O–H groups in total. The van der Waals surface area contributed by atoms with Gasteiger partial charge in [-0.1, -0.05) is 6.07 Å². The van der Waals surface area contributed by atoms with Gasteiger partial charge in [-0.15, -0.1) is 0 Å². The first-order chi connectivity index (χ1) is 9.90. The van der Waals surface area contributed by atoms with Gasteiger partial charge in [0.05, 0.1) is 11.7 Å². The van der Waals surface area contributed by atoms with Gasteiger partial charge in [-0.3, -0.25) is 4.90 Å². The molecule has 0 bridgehead atoms. The van der Waals surface area contributed by atoms with Crippen LogP contribution in [0.1, 0.15) is 30.9 Å². The zero-order valence-electron chi connectivity index (χ0n) is 12.1. The highest BCUT2D eigenvalue weighted by Gasteiger charge is 2.34. The summed E-state index contributed by atoms with van der Waals surface area (Å²) in [7, 11) is 0. The van der Waals surface area contributed by atoms with Gasteiger partial charge >= 0.3 is 6.18 Å². The van der Waals surface area contributed by atoms with E-state index in [1.54, 1.807) is 0 Å². The first-order valence-corrected chi connectivity index (χ1v) is 7.19. The van der Waals surface area contributed by atoms with Gasteiger partial charge < -0.3 is 10.5 Å². The SMILES string of the molecule is CCOC1CCCN(Cc2ccc(N)cc2C(F)(F)F)C1. The number of halogens is 3. The summed E-state index contributed by atoms with van der Waals surface area (Å²) in [5, 5.41) is 0. The molecule has 1 aliphatic heterocycles. The van der Waals surface area contributed by atoms with Crippen molar-refractivity contribution in [3.63, 3.8) is 0 Å². The second-order valence-corrected chi connectivity index (χ2v) is 5.37. The number of benzene rings is 1. The van der Waals surface area contributed by atoms with Crippen molar-refractivity contribution < 1.29 is 17.9 Å². The Morgan fingerprint density at radius 2 is 2.14 bits per heavy atom. The summed E-state index contributed by atoms with van der Waals surface area (Å²) in [6.45, 7) is 4.31. The fraction of sp³-hybridized carbons (Fsp3) is 0.600. The summed E-state index contributed by atoms with van der Waals surface area (Å²) in [5.41, 5.74) is 5.26. The van der Waals surface area contributed by atoms with E-state index in [-0.39, 0.29) is 23.9 Å². The number of ether oxygens (including phenoxy) is 1. The Balaban J connectivity index is 2.12. The Bertz CT molecular complexity index is 474. The quantitative estimate of drug-likeness (QED) is 0.867. The largest absolute Gasteiger partial charge is 0.416 e. The molecule has 1 atom stereocenters. The number of nitrogens with zero attached hydrogens (tertiary/aromatic N) is 1. The summed E-state index contributed by atoms with van der Waals surface area (Å²) in [5.74, 6) is 0. The van der Waals surface area contributed by atoms with Crippen LogP contribution in [0, 0.1) is 0 Å². The minimum Gasteiger partial charge on any atom is -0.399 e. The molecule has 1 heterocycles. The van der Waals surface area contributed by atoms with Crippen molar-refractivity contribution in [3.8, 4) is 0 Å². The third-order valence-corrected chi connectivity index (χ3v) is 3.70. The van der Waals surface area contributed by atoms with E-state index in [2.05, 4.69) is 0 Å². The second kappa shape index (κ2) is 6.66. The Morgan fingerprint density at radius 1 is 1.38 bits per heavy atom. The summed E-state index contributed by atoms with van der Waals surface area (Å²) >= 11 is 0. The van der Waals surface area contributed by atoms with E-state index in [9.17, 15) is 13.2 Å². The van der Waals surface area contributed by atoms with Crippen LogP contribution in [-0.4, -0.2) is 30.7 Å². The molecule has 118 valence electrons. The number of anilines is 1. The molecule has 6 heteroatoms. The molecule has 1 saturated heterocycles. The highest BCUT2D eigenvalue weighted by Crippen LogP contribution is 2.34. The zero-order valence-corrected chi connectivity index (χ0v) is 12.1. The van der Waals surface area contributed by atoms with Gasteiger partial charge in [0.2, 0.25) is 0 Å². The minimum atomic E-state index is -4.38. The Hall–Kier alpha value is -1.27.